The molecule has 0 radical (unpaired) electrons. The third-order valence-electron chi connectivity index (χ3n) is 4.10. The zero-order valence-electron chi connectivity index (χ0n) is 13.9. The van der Waals surface area contributed by atoms with Crippen molar-refractivity contribution in [2.24, 2.45) is 0 Å². The van der Waals surface area contributed by atoms with Crippen LogP contribution in [0.1, 0.15) is 0 Å². The highest BCUT2D eigenvalue weighted by Gasteiger charge is 2.09. The molecule has 0 saturated carbocycles. The van der Waals surface area contributed by atoms with Crippen molar-refractivity contribution in [1.29, 1.82) is 0 Å². The molecule has 0 atom stereocenters. The monoisotopic (exact) mass is 328 g/mol. The van der Waals surface area contributed by atoms with Crippen molar-refractivity contribution in [3.8, 4) is 17.1 Å². The molecule has 0 aliphatic rings. The summed E-state index contributed by atoms with van der Waals surface area (Å²) in [6.07, 6.45) is 0. The average Bonchev–Trinajstić information content (AvgIpc) is 2.69. The lowest BCUT2D eigenvalue weighted by molar-refractivity contribution is -0.400. The second kappa shape index (κ2) is 6.65. The predicted octanol–water partition coefficient (Wildman–Crippen LogP) is 3.42. The minimum Gasteiger partial charge on any atom is -0.497 e. The number of hydrogen-bond acceptors (Lipinski definition) is 2. The summed E-state index contributed by atoms with van der Waals surface area (Å²) in [6, 6.07) is 28.1. The number of nitrogens with one attached hydrogen (secondary N) is 1. The van der Waals surface area contributed by atoms with Crippen LogP contribution in [0, 0.1) is 0 Å². The van der Waals surface area contributed by atoms with E-state index in [4.69, 9.17) is 9.15 Å². The first-order valence-corrected chi connectivity index (χ1v) is 8.16. The normalized spacial score (nSPS) is 11.6. The number of rotatable bonds is 3. The Labute approximate surface area is 145 Å². The van der Waals surface area contributed by atoms with Crippen LogP contribution in [-0.2, 0) is 0 Å². The van der Waals surface area contributed by atoms with Crippen LogP contribution in [0.15, 0.2) is 89.3 Å². The van der Waals surface area contributed by atoms with E-state index < -0.39 is 0 Å². The first-order valence-electron chi connectivity index (χ1n) is 8.16. The fourth-order valence-electron chi connectivity index (χ4n) is 2.81. The topological polar surface area (TPSA) is 36.3 Å². The van der Waals surface area contributed by atoms with Gasteiger partial charge in [-0.05, 0) is 36.4 Å². The van der Waals surface area contributed by atoms with Gasteiger partial charge in [0.05, 0.1) is 18.6 Å². The summed E-state index contributed by atoms with van der Waals surface area (Å²) in [5, 5.41) is 2.06. The first kappa shape index (κ1) is 15.2. The Morgan fingerprint density at radius 1 is 0.800 bits per heavy atom. The van der Waals surface area contributed by atoms with E-state index in [9.17, 15) is 0 Å². The number of benzene rings is 3. The summed E-state index contributed by atoms with van der Waals surface area (Å²) in [5.41, 5.74) is 2.89. The lowest BCUT2D eigenvalue weighted by Gasteiger charge is -2.04. The molecule has 0 aliphatic carbocycles. The van der Waals surface area contributed by atoms with E-state index in [-0.39, 0.29) is 0 Å². The largest absolute Gasteiger partial charge is 0.497 e. The van der Waals surface area contributed by atoms with Crippen molar-refractivity contribution in [2.45, 2.75) is 0 Å². The number of para-hydroxylation sites is 2. The van der Waals surface area contributed by atoms with Gasteiger partial charge in [-0.15, -0.1) is 0 Å². The second-order valence-corrected chi connectivity index (χ2v) is 5.74. The van der Waals surface area contributed by atoms with Gasteiger partial charge in [0.2, 0.25) is 11.0 Å². The van der Waals surface area contributed by atoms with Crippen molar-refractivity contribution in [1.82, 2.24) is 0 Å². The molecule has 0 unspecified atom stereocenters. The molecule has 1 heterocycles. The molecular formula is C22H18NO2+. The van der Waals surface area contributed by atoms with Gasteiger partial charge in [0.15, 0.2) is 0 Å². The van der Waals surface area contributed by atoms with Crippen molar-refractivity contribution < 1.29 is 14.1 Å². The van der Waals surface area contributed by atoms with Crippen LogP contribution < -0.4 is 15.1 Å². The molecular weight excluding hydrogens is 310 g/mol. The van der Waals surface area contributed by atoms with Crippen LogP contribution in [0.4, 0.5) is 5.69 Å². The van der Waals surface area contributed by atoms with Gasteiger partial charge in [-0.3, -0.25) is 0 Å². The molecule has 3 heteroatoms. The Morgan fingerprint density at radius 2 is 1.52 bits per heavy atom. The predicted molar refractivity (Wildman–Crippen MR) is 98.4 cm³/mol. The minimum absolute atomic E-state index is 0.805. The van der Waals surface area contributed by atoms with Gasteiger partial charge in [0.1, 0.15) is 17.1 Å². The summed E-state index contributed by atoms with van der Waals surface area (Å²) >= 11 is 0. The van der Waals surface area contributed by atoms with E-state index in [0.29, 0.717) is 0 Å². The van der Waals surface area contributed by atoms with Crippen LogP contribution >= 0.6 is 0 Å². The molecule has 3 nitrogen and oxygen atoms in total. The molecule has 4 aromatic rings. The fourth-order valence-corrected chi connectivity index (χ4v) is 2.81. The molecule has 122 valence electrons. The Balaban J connectivity index is 1.93. The van der Waals surface area contributed by atoms with Crippen molar-refractivity contribution in [2.75, 3.05) is 7.11 Å². The van der Waals surface area contributed by atoms with Crippen LogP contribution in [0.5, 0.6) is 5.75 Å². The molecule has 25 heavy (non-hydrogen) atoms. The zero-order valence-corrected chi connectivity index (χ0v) is 13.9. The van der Waals surface area contributed by atoms with E-state index in [0.717, 1.165) is 39.1 Å². The maximum atomic E-state index is 6.12. The number of methoxy groups -OCH3 is 1. The molecule has 0 spiro atoms. The minimum atomic E-state index is 0.805. The smallest absolute Gasteiger partial charge is 0.218 e. The van der Waals surface area contributed by atoms with E-state index in [1.165, 1.54) is 0 Å². The van der Waals surface area contributed by atoms with E-state index in [1.807, 2.05) is 78.9 Å². The summed E-state index contributed by atoms with van der Waals surface area (Å²) in [4.78, 5) is 3.49. The maximum Gasteiger partial charge on any atom is 0.218 e. The summed E-state index contributed by atoms with van der Waals surface area (Å²) in [6.45, 7) is 0. The molecule has 1 aromatic heterocycles. The van der Waals surface area contributed by atoms with Crippen LogP contribution in [0.2, 0.25) is 0 Å². The molecule has 0 fully saturated rings. The number of hydrogen-bond donors (Lipinski definition) is 1. The van der Waals surface area contributed by atoms with Gasteiger partial charge in [-0.1, -0.05) is 30.3 Å². The Kier molecular flexibility index (Phi) is 4.05. The molecule has 0 aliphatic heterocycles. The van der Waals surface area contributed by atoms with Crippen molar-refractivity contribution >= 4 is 16.7 Å². The Morgan fingerprint density at radius 3 is 2.28 bits per heavy atom. The summed E-state index contributed by atoms with van der Waals surface area (Å²) in [7, 11) is 1.66. The number of ether oxygens (including phenoxy) is 1. The molecule has 0 saturated heterocycles. The van der Waals surface area contributed by atoms with Crippen molar-refractivity contribution in [3.63, 3.8) is 0 Å². The second-order valence-electron chi connectivity index (χ2n) is 5.74. The standard InChI is InChI=1S/C22H17NO2/c1-24-18-13-11-16(12-14-18)22-15-20(23-17-7-3-2-4-8-17)19-9-5-6-10-21(19)25-22/h2-15H,1H3/p+1. The summed E-state index contributed by atoms with van der Waals surface area (Å²) in [5.74, 6) is 1.63. The van der Waals surface area contributed by atoms with Gasteiger partial charge in [-0.2, -0.15) is 0 Å². The molecule has 3 aromatic carbocycles. The SMILES string of the molecule is COc1ccc(-c2cc(=[NH+]c3ccccc3)c3ccccc3o2)cc1. The van der Waals surface area contributed by atoms with E-state index in [1.54, 1.807) is 7.11 Å². The number of fused-ring (bicyclic) bond motifs is 1. The van der Waals surface area contributed by atoms with Crippen LogP contribution in [0.3, 0.4) is 0 Å². The van der Waals surface area contributed by atoms with Crippen LogP contribution in [-0.4, -0.2) is 7.11 Å². The van der Waals surface area contributed by atoms with E-state index in [2.05, 4.69) is 11.1 Å². The third kappa shape index (κ3) is 3.17. The first-order chi connectivity index (χ1) is 12.3. The highest BCUT2D eigenvalue weighted by atomic mass is 16.5. The maximum absolute atomic E-state index is 6.12. The zero-order chi connectivity index (χ0) is 17.1. The highest BCUT2D eigenvalue weighted by molar-refractivity contribution is 5.78. The van der Waals surface area contributed by atoms with Crippen LogP contribution in [0.25, 0.3) is 22.3 Å². The van der Waals surface area contributed by atoms with Gasteiger partial charge in [-0.25, -0.2) is 4.99 Å². The lowest BCUT2D eigenvalue weighted by atomic mass is 10.1. The molecule has 1 N–H and O–H groups in total. The van der Waals surface area contributed by atoms with Gasteiger partial charge >= 0.3 is 0 Å². The summed E-state index contributed by atoms with van der Waals surface area (Å²) < 4.78 is 11.4. The molecule has 0 bridgehead atoms. The average molecular weight is 328 g/mol. The Bertz CT molecular complexity index is 1060. The van der Waals surface area contributed by atoms with Gasteiger partial charge in [0.25, 0.3) is 0 Å². The Hall–Kier alpha value is -3.33. The molecule has 4 rings (SSSR count). The van der Waals surface area contributed by atoms with Gasteiger partial charge < -0.3 is 9.15 Å². The molecule has 0 amide bonds. The fraction of sp³-hybridized carbons (Fsp3) is 0.0455. The van der Waals surface area contributed by atoms with Gasteiger partial charge in [0, 0.05) is 17.7 Å². The van der Waals surface area contributed by atoms with Crippen molar-refractivity contribution in [3.05, 3.63) is 90.3 Å². The lowest BCUT2D eigenvalue weighted by Crippen LogP contribution is -2.70. The quantitative estimate of drug-likeness (QED) is 0.625. The third-order valence-corrected chi connectivity index (χ3v) is 4.10. The highest BCUT2D eigenvalue weighted by Crippen LogP contribution is 2.23. The van der Waals surface area contributed by atoms with E-state index >= 15 is 0 Å².